The molecule has 25 heavy (non-hydrogen) atoms. The van der Waals surface area contributed by atoms with Crippen molar-refractivity contribution >= 4 is 29.2 Å². The highest BCUT2D eigenvalue weighted by Gasteiger charge is 2.08. The van der Waals surface area contributed by atoms with Crippen molar-refractivity contribution in [2.24, 2.45) is 0 Å². The van der Waals surface area contributed by atoms with Gasteiger partial charge < -0.3 is 14.4 Å². The van der Waals surface area contributed by atoms with E-state index in [9.17, 15) is 0 Å². The fourth-order valence-electron chi connectivity index (χ4n) is 2.85. The van der Waals surface area contributed by atoms with Gasteiger partial charge in [0.1, 0.15) is 0 Å². The van der Waals surface area contributed by atoms with Crippen LogP contribution < -0.4 is 4.90 Å². The second kappa shape index (κ2) is 11.0. The molecule has 0 bridgehead atoms. The molecule has 3 rings (SSSR count). The number of ether oxygens (including phenoxy) is 2. The summed E-state index contributed by atoms with van der Waals surface area (Å²) in [4.78, 5) is 2.51. The van der Waals surface area contributed by atoms with E-state index in [1.807, 2.05) is 23.5 Å². The first-order valence-electron chi connectivity index (χ1n) is 8.98. The van der Waals surface area contributed by atoms with Gasteiger partial charge in [0.05, 0.1) is 26.4 Å². The van der Waals surface area contributed by atoms with E-state index >= 15 is 0 Å². The van der Waals surface area contributed by atoms with E-state index in [-0.39, 0.29) is 0 Å². The Bertz CT molecular complexity index is 549. The Labute approximate surface area is 159 Å². The van der Waals surface area contributed by atoms with Gasteiger partial charge in [0.25, 0.3) is 0 Å². The van der Waals surface area contributed by atoms with Gasteiger partial charge in [-0.2, -0.15) is 23.5 Å². The number of nitrogens with zero attached hydrogens (tertiary/aromatic N) is 1. The van der Waals surface area contributed by atoms with Gasteiger partial charge in [0.2, 0.25) is 0 Å². The van der Waals surface area contributed by atoms with Gasteiger partial charge in [0.15, 0.2) is 0 Å². The quantitative estimate of drug-likeness (QED) is 0.744. The van der Waals surface area contributed by atoms with Crippen LogP contribution in [0, 0.1) is 0 Å². The molecule has 0 unspecified atom stereocenters. The summed E-state index contributed by atoms with van der Waals surface area (Å²) in [7, 11) is 0. The Hall–Kier alpha value is -0.880. The zero-order valence-electron chi connectivity index (χ0n) is 14.7. The molecule has 0 atom stereocenters. The minimum Gasteiger partial charge on any atom is -0.378 e. The van der Waals surface area contributed by atoms with Gasteiger partial charge in [0, 0.05) is 41.8 Å². The van der Waals surface area contributed by atoms with Crippen molar-refractivity contribution in [3.63, 3.8) is 0 Å². The lowest BCUT2D eigenvalue weighted by atomic mass is 10.2. The molecule has 0 aromatic carbocycles. The third-order valence-corrected chi connectivity index (χ3v) is 6.10. The molecule has 0 radical (unpaired) electrons. The molecule has 0 spiro atoms. The molecule has 1 heterocycles. The second-order valence-corrected chi connectivity index (χ2v) is 8.41. The molecule has 0 saturated carbocycles. The molecule has 5 heteroatoms. The van der Waals surface area contributed by atoms with Gasteiger partial charge in [-0.1, -0.05) is 30.3 Å². The first-order chi connectivity index (χ1) is 12.4. The molecule has 136 valence electrons. The van der Waals surface area contributed by atoms with Crippen LogP contribution in [0.25, 0.3) is 11.1 Å². The molecule has 0 amide bonds. The molecule has 1 fully saturated rings. The summed E-state index contributed by atoms with van der Waals surface area (Å²) in [5, 5.41) is 0. The highest BCUT2D eigenvalue weighted by atomic mass is 32.2. The largest absolute Gasteiger partial charge is 0.378 e. The summed E-state index contributed by atoms with van der Waals surface area (Å²) in [6.07, 6.45) is 0. The number of fused-ring (bicyclic) bond motifs is 1. The van der Waals surface area contributed by atoms with Crippen LogP contribution in [0.3, 0.4) is 0 Å². The van der Waals surface area contributed by atoms with E-state index in [1.54, 1.807) is 0 Å². The van der Waals surface area contributed by atoms with E-state index in [1.165, 1.54) is 16.8 Å². The normalized spacial score (nSPS) is 19.3. The highest BCUT2D eigenvalue weighted by molar-refractivity contribution is 7.99. The van der Waals surface area contributed by atoms with Crippen LogP contribution in [-0.2, 0) is 9.47 Å². The van der Waals surface area contributed by atoms with Gasteiger partial charge in [-0.3, -0.25) is 0 Å². The lowest BCUT2D eigenvalue weighted by Gasteiger charge is -2.24. The maximum absolute atomic E-state index is 5.60. The zero-order valence-corrected chi connectivity index (χ0v) is 16.3. The van der Waals surface area contributed by atoms with Crippen molar-refractivity contribution in [3.8, 4) is 11.1 Å². The number of rotatable bonds is 1. The van der Waals surface area contributed by atoms with E-state index in [0.717, 1.165) is 49.3 Å². The first kappa shape index (κ1) is 18.9. The summed E-state index contributed by atoms with van der Waals surface area (Å²) >= 11 is 3.94. The molecular weight excluding hydrogens is 350 g/mol. The molecule has 0 aromatic rings. The van der Waals surface area contributed by atoms with Gasteiger partial charge in [-0.25, -0.2) is 0 Å². The fourth-order valence-corrected chi connectivity index (χ4v) is 4.43. The monoisotopic (exact) mass is 377 g/mol. The van der Waals surface area contributed by atoms with Crippen LogP contribution in [0.15, 0.2) is 42.5 Å². The average molecular weight is 378 g/mol. The predicted molar refractivity (Wildman–Crippen MR) is 112 cm³/mol. The van der Waals surface area contributed by atoms with Crippen molar-refractivity contribution in [1.82, 2.24) is 0 Å². The minimum absolute atomic E-state index is 0.716. The summed E-state index contributed by atoms with van der Waals surface area (Å²) in [6, 6.07) is 15.5. The highest BCUT2D eigenvalue weighted by Crippen LogP contribution is 2.25. The van der Waals surface area contributed by atoms with E-state index in [4.69, 9.17) is 9.47 Å². The summed E-state index contributed by atoms with van der Waals surface area (Å²) in [5.74, 6) is 4.38. The SMILES string of the molecule is c1cc2ccc(N3CCSCCOCCOCCSCC3)ccc-2c1. The van der Waals surface area contributed by atoms with E-state index in [2.05, 4.69) is 47.4 Å². The summed E-state index contributed by atoms with van der Waals surface area (Å²) in [5.41, 5.74) is 3.93. The molecular formula is C20H27NO2S2. The van der Waals surface area contributed by atoms with Crippen LogP contribution in [-0.4, -0.2) is 62.5 Å². The Morgan fingerprint density at radius 1 is 0.640 bits per heavy atom. The Kier molecular flexibility index (Phi) is 8.29. The van der Waals surface area contributed by atoms with Gasteiger partial charge in [-0.15, -0.1) is 0 Å². The lowest BCUT2D eigenvalue weighted by Crippen LogP contribution is -2.28. The van der Waals surface area contributed by atoms with Crippen molar-refractivity contribution in [3.05, 3.63) is 42.5 Å². The second-order valence-electron chi connectivity index (χ2n) is 5.96. The van der Waals surface area contributed by atoms with Crippen LogP contribution in [0.5, 0.6) is 0 Å². The third kappa shape index (κ3) is 6.41. The molecule has 0 aromatic heterocycles. The molecule has 0 N–H and O–H groups in total. The molecule has 2 aliphatic carbocycles. The van der Waals surface area contributed by atoms with Crippen molar-refractivity contribution in [2.45, 2.75) is 0 Å². The minimum atomic E-state index is 0.716. The van der Waals surface area contributed by atoms with Crippen LogP contribution in [0.2, 0.25) is 0 Å². The van der Waals surface area contributed by atoms with Gasteiger partial charge in [-0.05, 0) is 23.3 Å². The number of hydrogen-bond donors (Lipinski definition) is 0. The van der Waals surface area contributed by atoms with E-state index in [0.29, 0.717) is 13.2 Å². The zero-order chi connectivity index (χ0) is 17.2. The molecule has 1 saturated heterocycles. The van der Waals surface area contributed by atoms with Crippen LogP contribution >= 0.6 is 23.5 Å². The topological polar surface area (TPSA) is 21.7 Å². The summed E-state index contributed by atoms with van der Waals surface area (Å²) in [6.45, 7) is 5.23. The molecule has 3 aliphatic rings. The van der Waals surface area contributed by atoms with Crippen LogP contribution in [0.1, 0.15) is 0 Å². The summed E-state index contributed by atoms with van der Waals surface area (Å²) < 4.78 is 11.2. The smallest absolute Gasteiger partial charge is 0.0700 e. The Balaban J connectivity index is 1.63. The van der Waals surface area contributed by atoms with Crippen molar-refractivity contribution < 1.29 is 9.47 Å². The van der Waals surface area contributed by atoms with Crippen molar-refractivity contribution in [1.29, 1.82) is 0 Å². The number of thioether (sulfide) groups is 2. The fraction of sp³-hybridized carbons (Fsp3) is 0.500. The first-order valence-corrected chi connectivity index (χ1v) is 11.3. The molecule has 3 nitrogen and oxygen atoms in total. The number of hydrogen-bond acceptors (Lipinski definition) is 5. The Morgan fingerprint density at radius 2 is 1.20 bits per heavy atom. The lowest BCUT2D eigenvalue weighted by molar-refractivity contribution is 0.0605. The average Bonchev–Trinajstić information content (AvgIpc) is 2.98. The van der Waals surface area contributed by atoms with E-state index < -0.39 is 0 Å². The Morgan fingerprint density at radius 3 is 1.76 bits per heavy atom. The van der Waals surface area contributed by atoms with Crippen LogP contribution in [0.4, 0.5) is 5.69 Å². The maximum atomic E-state index is 5.60. The van der Waals surface area contributed by atoms with Crippen molar-refractivity contribution in [2.75, 3.05) is 67.4 Å². The predicted octanol–water partition coefficient (Wildman–Crippen LogP) is 4.11. The standard InChI is InChI=1S/C20H27NO2S2/c1-2-18-4-6-20(7-5-19(18)3-1)21-8-14-24-16-12-22-10-11-23-13-17-25-15-9-21/h1-7H,8-17H2. The molecule has 1 aliphatic heterocycles. The van der Waals surface area contributed by atoms with Gasteiger partial charge >= 0.3 is 0 Å². The third-order valence-electron chi connectivity index (χ3n) is 4.24. The number of anilines is 1. The maximum Gasteiger partial charge on any atom is 0.0700 e.